The number of nitrogens with zero attached hydrogens (tertiary/aromatic N) is 1. The molecule has 0 unspecified atom stereocenters. The molecular weight excluding hydrogens is 90.1 g/mol. The molecule has 0 aliphatic heterocycles. The van der Waals surface area contributed by atoms with Gasteiger partial charge in [-0.15, -0.1) is 0 Å². The Morgan fingerprint density at radius 1 is 1.86 bits per heavy atom. The van der Waals surface area contributed by atoms with Crippen molar-refractivity contribution >= 4 is 6.34 Å². The predicted molar refractivity (Wildman–Crippen MR) is 30.9 cm³/mol. The van der Waals surface area contributed by atoms with Gasteiger partial charge < -0.3 is 11.1 Å². The van der Waals surface area contributed by atoms with Crippen LogP contribution in [0, 0.1) is 0 Å². The molecule has 0 rings (SSSR count). The molecule has 0 aliphatic carbocycles. The zero-order valence-corrected chi connectivity index (χ0v) is 4.09. The fourth-order valence-electron chi connectivity index (χ4n) is 0.170. The maximum Gasteiger partial charge on any atom is 0.109 e. The molecule has 0 spiro atoms. The van der Waals surface area contributed by atoms with Crippen LogP contribution >= 0.6 is 0 Å². The molecule has 0 heterocycles. The van der Waals surface area contributed by atoms with Crippen molar-refractivity contribution in [3.05, 3.63) is 12.8 Å². The van der Waals surface area contributed by atoms with Crippen LogP contribution in [0.3, 0.4) is 0 Å². The molecule has 0 aromatic rings. The Balaban J connectivity index is 2.82. The Kier molecular flexibility index (Phi) is 4.30. The summed E-state index contributed by atoms with van der Waals surface area (Å²) in [6.07, 6.45) is 2.81. The van der Waals surface area contributed by atoms with Crippen LogP contribution in [-0.4, -0.2) is 13.0 Å². The molecule has 3 heteroatoms. The van der Waals surface area contributed by atoms with Gasteiger partial charge in [-0.3, -0.25) is 4.99 Å². The first-order valence-electron chi connectivity index (χ1n) is 1.96. The molecule has 0 radical (unpaired) electrons. The number of hydrogen-bond donors (Lipinski definition) is 2. The van der Waals surface area contributed by atoms with E-state index in [9.17, 15) is 0 Å². The number of nitrogens with two attached hydrogens (primary N) is 1. The molecule has 7 heavy (non-hydrogen) atoms. The lowest BCUT2D eigenvalue weighted by Gasteiger charge is -1.87. The summed E-state index contributed by atoms with van der Waals surface area (Å²) in [6.45, 7) is 3.92. The summed E-state index contributed by atoms with van der Waals surface area (Å²) in [6, 6.07) is 0. The summed E-state index contributed by atoms with van der Waals surface area (Å²) in [5.41, 5.74) is 4.90. The zero-order valence-electron chi connectivity index (χ0n) is 4.09. The number of nitrogens with one attached hydrogen (secondary N) is 1. The van der Waals surface area contributed by atoms with E-state index in [0.29, 0.717) is 6.67 Å². The monoisotopic (exact) mass is 99.1 g/mol. The van der Waals surface area contributed by atoms with Crippen molar-refractivity contribution in [1.29, 1.82) is 0 Å². The Bertz CT molecular complexity index is 67.3. The van der Waals surface area contributed by atoms with Crippen molar-refractivity contribution in [3.63, 3.8) is 0 Å². The third kappa shape index (κ3) is 5.01. The van der Waals surface area contributed by atoms with E-state index in [1.807, 2.05) is 0 Å². The molecular formula is C4H9N3. The second-order valence-electron chi connectivity index (χ2n) is 0.898. The lowest BCUT2D eigenvalue weighted by Crippen LogP contribution is -2.04. The van der Waals surface area contributed by atoms with Crippen LogP contribution in [0.4, 0.5) is 0 Å². The molecule has 0 saturated carbocycles. The molecule has 0 atom stereocenters. The standard InChI is InChI=1S/C4H9N3/c1-2-6-4-7-3-5/h2-3,6H,1,4H2,(H2,5,7). The Labute approximate surface area is 42.9 Å². The maximum atomic E-state index is 4.90. The predicted octanol–water partition coefficient (Wildman–Crippen LogP) is -0.336. The van der Waals surface area contributed by atoms with Crippen molar-refractivity contribution < 1.29 is 0 Å². The minimum absolute atomic E-state index is 0.514. The van der Waals surface area contributed by atoms with Crippen LogP contribution in [0.5, 0.6) is 0 Å². The molecule has 0 bridgehead atoms. The van der Waals surface area contributed by atoms with Gasteiger partial charge in [0.2, 0.25) is 0 Å². The Morgan fingerprint density at radius 3 is 3.00 bits per heavy atom. The highest BCUT2D eigenvalue weighted by Gasteiger charge is 1.63. The topological polar surface area (TPSA) is 50.4 Å². The Hall–Kier alpha value is -0.990. The number of hydrogen-bond acceptors (Lipinski definition) is 2. The van der Waals surface area contributed by atoms with Crippen LogP contribution < -0.4 is 11.1 Å². The summed E-state index contributed by atoms with van der Waals surface area (Å²) in [4.78, 5) is 3.63. The van der Waals surface area contributed by atoms with Crippen LogP contribution in [0.25, 0.3) is 0 Å². The minimum Gasteiger partial charge on any atom is -0.390 e. The van der Waals surface area contributed by atoms with E-state index in [1.54, 1.807) is 6.20 Å². The molecule has 0 aliphatic rings. The minimum atomic E-state index is 0.514. The molecule has 0 fully saturated rings. The van der Waals surface area contributed by atoms with Gasteiger partial charge >= 0.3 is 0 Å². The molecule has 0 amide bonds. The third-order valence-electron chi connectivity index (χ3n) is 0.432. The highest BCUT2D eigenvalue weighted by Crippen LogP contribution is 1.55. The number of aliphatic imine (C=N–C) groups is 1. The molecule has 0 aromatic heterocycles. The van der Waals surface area contributed by atoms with Crippen molar-refractivity contribution in [2.24, 2.45) is 10.7 Å². The third-order valence-corrected chi connectivity index (χ3v) is 0.432. The average Bonchev–Trinajstić information content (AvgIpc) is 1.69. The molecule has 3 N–H and O–H groups in total. The lowest BCUT2D eigenvalue weighted by molar-refractivity contribution is 0.890. The summed E-state index contributed by atoms with van der Waals surface area (Å²) < 4.78 is 0. The van der Waals surface area contributed by atoms with Gasteiger partial charge in [0.15, 0.2) is 0 Å². The summed E-state index contributed by atoms with van der Waals surface area (Å²) in [5, 5.41) is 2.74. The molecule has 0 aromatic carbocycles. The van der Waals surface area contributed by atoms with Gasteiger partial charge in [0.1, 0.15) is 6.67 Å². The first-order chi connectivity index (χ1) is 3.41. The van der Waals surface area contributed by atoms with E-state index in [1.165, 1.54) is 6.34 Å². The van der Waals surface area contributed by atoms with Gasteiger partial charge in [-0.05, 0) is 6.20 Å². The van der Waals surface area contributed by atoms with Gasteiger partial charge in [0.25, 0.3) is 0 Å². The van der Waals surface area contributed by atoms with Crippen LogP contribution in [0.1, 0.15) is 0 Å². The highest BCUT2D eigenvalue weighted by molar-refractivity contribution is 5.50. The summed E-state index contributed by atoms with van der Waals surface area (Å²) in [5.74, 6) is 0. The highest BCUT2D eigenvalue weighted by atomic mass is 15.0. The SMILES string of the molecule is C=CNC/N=C\N. The molecule has 40 valence electrons. The van der Waals surface area contributed by atoms with Crippen molar-refractivity contribution in [2.45, 2.75) is 0 Å². The van der Waals surface area contributed by atoms with Gasteiger partial charge in [0, 0.05) is 0 Å². The summed E-state index contributed by atoms with van der Waals surface area (Å²) in [7, 11) is 0. The lowest BCUT2D eigenvalue weighted by atomic mass is 10.9. The molecule has 0 saturated heterocycles. The second kappa shape index (κ2) is 5.01. The van der Waals surface area contributed by atoms with Crippen LogP contribution in [-0.2, 0) is 0 Å². The fourth-order valence-corrected chi connectivity index (χ4v) is 0.170. The van der Waals surface area contributed by atoms with Crippen molar-refractivity contribution in [3.8, 4) is 0 Å². The zero-order chi connectivity index (χ0) is 5.54. The van der Waals surface area contributed by atoms with Gasteiger partial charge in [0.05, 0.1) is 6.34 Å². The van der Waals surface area contributed by atoms with Crippen molar-refractivity contribution in [1.82, 2.24) is 5.32 Å². The van der Waals surface area contributed by atoms with Gasteiger partial charge in [-0.2, -0.15) is 0 Å². The van der Waals surface area contributed by atoms with E-state index in [2.05, 4.69) is 16.9 Å². The Morgan fingerprint density at radius 2 is 2.57 bits per heavy atom. The first kappa shape index (κ1) is 6.01. The summed E-state index contributed by atoms with van der Waals surface area (Å²) >= 11 is 0. The van der Waals surface area contributed by atoms with Crippen LogP contribution in [0.15, 0.2) is 17.8 Å². The second-order valence-corrected chi connectivity index (χ2v) is 0.898. The smallest absolute Gasteiger partial charge is 0.109 e. The normalized spacial score (nSPS) is 9.14. The average molecular weight is 99.1 g/mol. The van der Waals surface area contributed by atoms with E-state index in [4.69, 9.17) is 5.73 Å². The largest absolute Gasteiger partial charge is 0.390 e. The maximum absolute atomic E-state index is 4.90. The number of rotatable bonds is 3. The van der Waals surface area contributed by atoms with E-state index < -0.39 is 0 Å². The quantitative estimate of drug-likeness (QED) is 0.289. The van der Waals surface area contributed by atoms with Crippen LogP contribution in [0.2, 0.25) is 0 Å². The van der Waals surface area contributed by atoms with E-state index in [0.717, 1.165) is 0 Å². The molecule has 3 nitrogen and oxygen atoms in total. The first-order valence-corrected chi connectivity index (χ1v) is 1.96. The fraction of sp³-hybridized carbons (Fsp3) is 0.250. The van der Waals surface area contributed by atoms with Gasteiger partial charge in [-0.1, -0.05) is 6.58 Å². The van der Waals surface area contributed by atoms with Crippen molar-refractivity contribution in [2.75, 3.05) is 6.67 Å². The van der Waals surface area contributed by atoms with Gasteiger partial charge in [-0.25, -0.2) is 0 Å². The van der Waals surface area contributed by atoms with E-state index in [-0.39, 0.29) is 0 Å². The van der Waals surface area contributed by atoms with E-state index >= 15 is 0 Å².